The van der Waals surface area contributed by atoms with E-state index >= 15 is 0 Å². The summed E-state index contributed by atoms with van der Waals surface area (Å²) in [5.74, 6) is -0.130. The second kappa shape index (κ2) is 6.19. The zero-order valence-electron chi connectivity index (χ0n) is 11.4. The van der Waals surface area contributed by atoms with Crippen molar-refractivity contribution < 1.29 is 4.79 Å². The minimum atomic E-state index is -0.130. The zero-order valence-corrected chi connectivity index (χ0v) is 13.1. The van der Waals surface area contributed by atoms with Gasteiger partial charge in [0.1, 0.15) is 10.7 Å². The van der Waals surface area contributed by atoms with Crippen LogP contribution in [0, 0.1) is 0 Å². The van der Waals surface area contributed by atoms with Gasteiger partial charge in [0.15, 0.2) is 0 Å². The van der Waals surface area contributed by atoms with Crippen molar-refractivity contribution in [1.29, 1.82) is 0 Å². The van der Waals surface area contributed by atoms with Gasteiger partial charge in [-0.2, -0.15) is 16.4 Å². The first kappa shape index (κ1) is 14.0. The molecule has 0 unspecified atom stereocenters. The standard InChI is InChI=1S/C14H14N4OS2/c1-18-11(3-6-16-18)2-5-15-13(19)12-9-21-14(17-12)10-4-7-20-8-10/h3-4,6-9H,2,5H2,1H3,(H,15,19). The Labute approximate surface area is 130 Å². The van der Waals surface area contributed by atoms with E-state index in [1.54, 1.807) is 22.9 Å². The van der Waals surface area contributed by atoms with Crippen molar-refractivity contribution in [2.24, 2.45) is 7.05 Å². The molecule has 0 atom stereocenters. The molecule has 5 nitrogen and oxygen atoms in total. The molecule has 0 spiro atoms. The summed E-state index contributed by atoms with van der Waals surface area (Å²) in [5.41, 5.74) is 2.64. The summed E-state index contributed by atoms with van der Waals surface area (Å²) in [6.07, 6.45) is 2.51. The fourth-order valence-electron chi connectivity index (χ4n) is 1.94. The Balaban J connectivity index is 1.57. The molecule has 3 aromatic rings. The molecule has 0 aromatic carbocycles. The minimum absolute atomic E-state index is 0.130. The van der Waals surface area contributed by atoms with E-state index in [1.165, 1.54) is 11.3 Å². The molecule has 3 rings (SSSR count). The highest BCUT2D eigenvalue weighted by molar-refractivity contribution is 7.14. The quantitative estimate of drug-likeness (QED) is 0.786. The Morgan fingerprint density at radius 2 is 2.29 bits per heavy atom. The molecule has 1 N–H and O–H groups in total. The number of nitrogens with zero attached hydrogens (tertiary/aromatic N) is 3. The molecule has 0 aliphatic carbocycles. The molecule has 0 aliphatic rings. The van der Waals surface area contributed by atoms with Crippen LogP contribution in [-0.2, 0) is 13.5 Å². The number of amides is 1. The van der Waals surface area contributed by atoms with E-state index in [9.17, 15) is 4.79 Å². The van der Waals surface area contributed by atoms with Crippen molar-refractivity contribution in [3.63, 3.8) is 0 Å². The smallest absolute Gasteiger partial charge is 0.270 e. The molecule has 0 saturated carbocycles. The first-order chi connectivity index (χ1) is 10.2. The van der Waals surface area contributed by atoms with Crippen LogP contribution in [0.3, 0.4) is 0 Å². The molecule has 0 saturated heterocycles. The lowest BCUT2D eigenvalue weighted by molar-refractivity contribution is 0.0950. The van der Waals surface area contributed by atoms with E-state index in [1.807, 2.05) is 34.6 Å². The average Bonchev–Trinajstić information content (AvgIpc) is 3.19. The molecule has 7 heteroatoms. The summed E-state index contributed by atoms with van der Waals surface area (Å²) in [4.78, 5) is 16.4. The van der Waals surface area contributed by atoms with Crippen LogP contribution < -0.4 is 5.32 Å². The number of aryl methyl sites for hydroxylation is 1. The molecule has 1 amide bonds. The fraction of sp³-hybridized carbons (Fsp3) is 0.214. The lowest BCUT2D eigenvalue weighted by Gasteiger charge is -2.03. The fourth-order valence-corrected chi connectivity index (χ4v) is 3.45. The van der Waals surface area contributed by atoms with E-state index in [0.29, 0.717) is 12.2 Å². The van der Waals surface area contributed by atoms with Gasteiger partial charge in [0.25, 0.3) is 5.91 Å². The Kier molecular flexibility index (Phi) is 4.12. The summed E-state index contributed by atoms with van der Waals surface area (Å²) in [7, 11) is 1.89. The summed E-state index contributed by atoms with van der Waals surface area (Å²) in [5, 5.41) is 13.7. The van der Waals surface area contributed by atoms with Crippen LogP contribution in [0.15, 0.2) is 34.5 Å². The van der Waals surface area contributed by atoms with E-state index in [0.717, 1.165) is 22.7 Å². The first-order valence-electron chi connectivity index (χ1n) is 6.47. The average molecular weight is 318 g/mol. The number of carbonyl (C=O) groups excluding carboxylic acids is 1. The molecule has 108 valence electrons. The maximum atomic E-state index is 12.1. The van der Waals surface area contributed by atoms with Gasteiger partial charge in [-0.15, -0.1) is 11.3 Å². The number of hydrogen-bond acceptors (Lipinski definition) is 5. The molecule has 21 heavy (non-hydrogen) atoms. The van der Waals surface area contributed by atoms with Crippen LogP contribution in [0.4, 0.5) is 0 Å². The van der Waals surface area contributed by atoms with Crippen molar-refractivity contribution in [3.05, 3.63) is 45.9 Å². The lowest BCUT2D eigenvalue weighted by Crippen LogP contribution is -2.26. The molecular formula is C14H14N4OS2. The molecule has 0 bridgehead atoms. The maximum Gasteiger partial charge on any atom is 0.270 e. The SMILES string of the molecule is Cn1nccc1CCNC(=O)c1csc(-c2ccsc2)n1. The van der Waals surface area contributed by atoms with E-state index in [2.05, 4.69) is 15.4 Å². The Hall–Kier alpha value is -1.99. The van der Waals surface area contributed by atoms with Crippen molar-refractivity contribution in [1.82, 2.24) is 20.1 Å². The van der Waals surface area contributed by atoms with Crippen LogP contribution >= 0.6 is 22.7 Å². The van der Waals surface area contributed by atoms with Gasteiger partial charge in [-0.25, -0.2) is 4.98 Å². The van der Waals surface area contributed by atoms with Crippen molar-refractivity contribution >= 4 is 28.6 Å². The molecule has 0 aliphatic heterocycles. The predicted octanol–water partition coefficient (Wildman–Crippen LogP) is 2.58. The maximum absolute atomic E-state index is 12.1. The third-order valence-electron chi connectivity index (χ3n) is 3.09. The van der Waals surface area contributed by atoms with Gasteiger partial charge in [-0.05, 0) is 17.5 Å². The third-order valence-corrected chi connectivity index (χ3v) is 4.67. The number of thiazole rings is 1. The molecule has 0 radical (unpaired) electrons. The monoisotopic (exact) mass is 318 g/mol. The summed E-state index contributed by atoms with van der Waals surface area (Å²) in [6.45, 7) is 0.573. The number of carbonyl (C=O) groups is 1. The van der Waals surface area contributed by atoms with Crippen LogP contribution in [0.5, 0.6) is 0 Å². The topological polar surface area (TPSA) is 59.8 Å². The summed E-state index contributed by atoms with van der Waals surface area (Å²) in [6, 6.07) is 3.96. The van der Waals surface area contributed by atoms with Crippen molar-refractivity contribution in [3.8, 4) is 10.6 Å². The zero-order chi connectivity index (χ0) is 14.7. The highest BCUT2D eigenvalue weighted by Gasteiger charge is 2.11. The van der Waals surface area contributed by atoms with Gasteiger partial charge in [0.2, 0.25) is 0 Å². The first-order valence-corrected chi connectivity index (χ1v) is 8.29. The number of aromatic nitrogens is 3. The second-order valence-electron chi connectivity index (χ2n) is 4.50. The highest BCUT2D eigenvalue weighted by Crippen LogP contribution is 2.25. The summed E-state index contributed by atoms with van der Waals surface area (Å²) < 4.78 is 1.81. The van der Waals surface area contributed by atoms with Crippen LogP contribution in [0.25, 0.3) is 10.6 Å². The van der Waals surface area contributed by atoms with Gasteiger partial charge < -0.3 is 5.32 Å². The van der Waals surface area contributed by atoms with Crippen LogP contribution in [-0.4, -0.2) is 27.2 Å². The molecule has 0 fully saturated rings. The second-order valence-corrected chi connectivity index (χ2v) is 6.14. The Morgan fingerprint density at radius 1 is 1.38 bits per heavy atom. The summed E-state index contributed by atoms with van der Waals surface area (Å²) >= 11 is 3.11. The van der Waals surface area contributed by atoms with Gasteiger partial charge in [0.05, 0.1) is 0 Å². The van der Waals surface area contributed by atoms with E-state index in [-0.39, 0.29) is 5.91 Å². The van der Waals surface area contributed by atoms with Gasteiger partial charge in [-0.1, -0.05) is 0 Å². The number of thiophene rings is 1. The van der Waals surface area contributed by atoms with Crippen LogP contribution in [0.2, 0.25) is 0 Å². The van der Waals surface area contributed by atoms with Crippen LogP contribution in [0.1, 0.15) is 16.2 Å². The molecule has 3 heterocycles. The third kappa shape index (κ3) is 3.20. The minimum Gasteiger partial charge on any atom is -0.350 e. The number of nitrogens with one attached hydrogen (secondary N) is 1. The largest absolute Gasteiger partial charge is 0.350 e. The Bertz CT molecular complexity index is 730. The normalized spacial score (nSPS) is 10.7. The van der Waals surface area contributed by atoms with Crippen molar-refractivity contribution in [2.75, 3.05) is 6.54 Å². The molecule has 3 aromatic heterocycles. The van der Waals surface area contributed by atoms with E-state index < -0.39 is 0 Å². The number of rotatable bonds is 5. The van der Waals surface area contributed by atoms with Gasteiger partial charge in [0, 0.05) is 48.2 Å². The van der Waals surface area contributed by atoms with Gasteiger partial charge in [-0.3, -0.25) is 9.48 Å². The van der Waals surface area contributed by atoms with Crippen molar-refractivity contribution in [2.45, 2.75) is 6.42 Å². The van der Waals surface area contributed by atoms with E-state index in [4.69, 9.17) is 0 Å². The Morgan fingerprint density at radius 3 is 3.00 bits per heavy atom. The molecular weight excluding hydrogens is 304 g/mol. The predicted molar refractivity (Wildman–Crippen MR) is 84.7 cm³/mol. The highest BCUT2D eigenvalue weighted by atomic mass is 32.1. The number of hydrogen-bond donors (Lipinski definition) is 1. The lowest BCUT2D eigenvalue weighted by atomic mass is 10.3. The van der Waals surface area contributed by atoms with Gasteiger partial charge >= 0.3 is 0 Å².